The fourth-order valence-electron chi connectivity index (χ4n) is 1.80. The van der Waals surface area contributed by atoms with E-state index in [-0.39, 0.29) is 5.91 Å². The molecular formula is C15H16N4O. The van der Waals surface area contributed by atoms with Gasteiger partial charge in [-0.1, -0.05) is 18.2 Å². The van der Waals surface area contributed by atoms with Crippen LogP contribution in [0.4, 0.5) is 0 Å². The van der Waals surface area contributed by atoms with Crippen LogP contribution in [0, 0.1) is 11.3 Å². The van der Waals surface area contributed by atoms with Gasteiger partial charge in [-0.25, -0.2) is 4.68 Å². The van der Waals surface area contributed by atoms with E-state index in [4.69, 9.17) is 5.26 Å². The van der Waals surface area contributed by atoms with Crippen LogP contribution in [0.5, 0.6) is 0 Å². The first kappa shape index (κ1) is 13.8. The SMILES string of the molecule is N#CCCCCNC(=O)c1cnn(-c2ccccc2)c1. The lowest BCUT2D eigenvalue weighted by atomic mass is 10.2. The quantitative estimate of drug-likeness (QED) is 0.817. The molecule has 5 heteroatoms. The molecule has 0 saturated heterocycles. The molecular weight excluding hydrogens is 252 g/mol. The van der Waals surface area contributed by atoms with Crippen molar-refractivity contribution in [2.24, 2.45) is 0 Å². The van der Waals surface area contributed by atoms with Crippen LogP contribution in [0.15, 0.2) is 42.7 Å². The standard InChI is InChI=1S/C15H16N4O/c16-9-5-2-6-10-17-15(20)13-11-18-19(12-13)14-7-3-1-4-8-14/h1,3-4,7-8,11-12H,2,5-6,10H2,(H,17,20). The molecule has 0 aliphatic carbocycles. The van der Waals surface area contributed by atoms with Gasteiger partial charge in [-0.15, -0.1) is 0 Å². The molecule has 102 valence electrons. The molecule has 2 aromatic rings. The van der Waals surface area contributed by atoms with Crippen molar-refractivity contribution in [3.05, 3.63) is 48.3 Å². The van der Waals surface area contributed by atoms with Gasteiger partial charge in [-0.05, 0) is 25.0 Å². The monoisotopic (exact) mass is 268 g/mol. The number of hydrogen-bond acceptors (Lipinski definition) is 3. The Hall–Kier alpha value is -2.61. The van der Waals surface area contributed by atoms with E-state index >= 15 is 0 Å². The number of unbranched alkanes of at least 4 members (excludes halogenated alkanes) is 2. The Bertz CT molecular complexity index is 598. The number of rotatable bonds is 6. The van der Waals surface area contributed by atoms with Crippen molar-refractivity contribution in [3.63, 3.8) is 0 Å². The molecule has 0 fully saturated rings. The lowest BCUT2D eigenvalue weighted by Crippen LogP contribution is -2.23. The smallest absolute Gasteiger partial charge is 0.254 e. The summed E-state index contributed by atoms with van der Waals surface area (Å²) in [5, 5.41) is 15.4. The van der Waals surface area contributed by atoms with Crippen molar-refractivity contribution in [3.8, 4) is 11.8 Å². The number of carbonyl (C=O) groups is 1. The summed E-state index contributed by atoms with van der Waals surface area (Å²) in [4.78, 5) is 11.9. The summed E-state index contributed by atoms with van der Waals surface area (Å²) < 4.78 is 1.67. The van der Waals surface area contributed by atoms with Gasteiger partial charge < -0.3 is 5.32 Å². The molecule has 0 unspecified atom stereocenters. The third-order valence-electron chi connectivity index (χ3n) is 2.87. The Labute approximate surface area is 117 Å². The van der Waals surface area contributed by atoms with Gasteiger partial charge in [0.1, 0.15) is 0 Å². The molecule has 1 amide bonds. The zero-order valence-corrected chi connectivity index (χ0v) is 11.1. The minimum absolute atomic E-state index is 0.135. The second-order valence-electron chi connectivity index (χ2n) is 4.38. The molecule has 0 radical (unpaired) electrons. The maximum atomic E-state index is 11.9. The summed E-state index contributed by atoms with van der Waals surface area (Å²) in [6, 6.07) is 11.7. The van der Waals surface area contributed by atoms with Gasteiger partial charge in [0.25, 0.3) is 5.91 Å². The van der Waals surface area contributed by atoms with E-state index in [1.54, 1.807) is 17.1 Å². The van der Waals surface area contributed by atoms with Crippen LogP contribution < -0.4 is 5.32 Å². The average Bonchev–Trinajstić information content (AvgIpc) is 2.98. The van der Waals surface area contributed by atoms with E-state index in [9.17, 15) is 4.79 Å². The first-order valence-corrected chi connectivity index (χ1v) is 6.56. The molecule has 0 aliphatic rings. The first-order valence-electron chi connectivity index (χ1n) is 6.56. The van der Waals surface area contributed by atoms with Gasteiger partial charge in [0, 0.05) is 19.2 Å². The molecule has 0 aliphatic heterocycles. The first-order chi connectivity index (χ1) is 9.81. The molecule has 0 bridgehead atoms. The van der Waals surface area contributed by atoms with E-state index < -0.39 is 0 Å². The number of benzene rings is 1. The van der Waals surface area contributed by atoms with Crippen LogP contribution in [-0.2, 0) is 0 Å². The Kier molecular flexibility index (Phi) is 4.90. The van der Waals surface area contributed by atoms with Crippen molar-refractivity contribution >= 4 is 5.91 Å². The number of nitriles is 1. The highest BCUT2D eigenvalue weighted by molar-refractivity contribution is 5.93. The summed E-state index contributed by atoms with van der Waals surface area (Å²) >= 11 is 0. The van der Waals surface area contributed by atoms with Gasteiger partial charge in [0.05, 0.1) is 23.5 Å². The number of nitrogens with zero attached hydrogens (tertiary/aromatic N) is 3. The van der Waals surface area contributed by atoms with E-state index in [2.05, 4.69) is 16.5 Å². The number of amides is 1. The minimum atomic E-state index is -0.135. The van der Waals surface area contributed by atoms with Crippen LogP contribution in [-0.4, -0.2) is 22.2 Å². The molecule has 5 nitrogen and oxygen atoms in total. The van der Waals surface area contributed by atoms with Crippen LogP contribution in [0.1, 0.15) is 29.6 Å². The fourth-order valence-corrected chi connectivity index (χ4v) is 1.80. The summed E-state index contributed by atoms with van der Waals surface area (Å²) in [7, 11) is 0. The molecule has 0 spiro atoms. The van der Waals surface area contributed by atoms with Gasteiger partial charge >= 0.3 is 0 Å². The van der Waals surface area contributed by atoms with Gasteiger partial charge in [-0.3, -0.25) is 4.79 Å². The molecule has 1 aromatic carbocycles. The summed E-state index contributed by atoms with van der Waals surface area (Å²) in [5.74, 6) is -0.135. The van der Waals surface area contributed by atoms with Gasteiger partial charge in [0.2, 0.25) is 0 Å². The van der Waals surface area contributed by atoms with Crippen LogP contribution in [0.3, 0.4) is 0 Å². The molecule has 1 aromatic heterocycles. The topological polar surface area (TPSA) is 70.7 Å². The van der Waals surface area contributed by atoms with E-state index in [0.717, 1.165) is 18.5 Å². The van der Waals surface area contributed by atoms with Crippen LogP contribution in [0.25, 0.3) is 5.69 Å². The van der Waals surface area contributed by atoms with Crippen molar-refractivity contribution in [1.29, 1.82) is 5.26 Å². The highest BCUT2D eigenvalue weighted by Crippen LogP contribution is 2.07. The van der Waals surface area contributed by atoms with Crippen molar-refractivity contribution in [2.75, 3.05) is 6.54 Å². The molecule has 0 atom stereocenters. The Morgan fingerprint density at radius 3 is 2.85 bits per heavy atom. The highest BCUT2D eigenvalue weighted by Gasteiger charge is 2.08. The predicted octanol–water partition coefficient (Wildman–Crippen LogP) is 2.30. The number of para-hydroxylation sites is 1. The zero-order valence-electron chi connectivity index (χ0n) is 11.1. The number of aromatic nitrogens is 2. The van der Waals surface area contributed by atoms with Crippen LogP contribution in [0.2, 0.25) is 0 Å². The summed E-state index contributed by atoms with van der Waals surface area (Å²) in [6.45, 7) is 0.580. The van der Waals surface area contributed by atoms with E-state index in [0.29, 0.717) is 18.5 Å². The average molecular weight is 268 g/mol. The lowest BCUT2D eigenvalue weighted by molar-refractivity contribution is 0.0953. The van der Waals surface area contributed by atoms with Crippen molar-refractivity contribution in [1.82, 2.24) is 15.1 Å². The lowest BCUT2D eigenvalue weighted by Gasteiger charge is -2.02. The highest BCUT2D eigenvalue weighted by atomic mass is 16.1. The van der Waals surface area contributed by atoms with Gasteiger partial charge in [0.15, 0.2) is 0 Å². The third kappa shape index (κ3) is 3.69. The van der Waals surface area contributed by atoms with Crippen LogP contribution >= 0.6 is 0 Å². The molecule has 1 N–H and O–H groups in total. The maximum Gasteiger partial charge on any atom is 0.254 e. The summed E-state index contributed by atoms with van der Waals surface area (Å²) in [5.41, 5.74) is 1.45. The number of carbonyl (C=O) groups excluding carboxylic acids is 1. The molecule has 0 saturated carbocycles. The van der Waals surface area contributed by atoms with Crippen molar-refractivity contribution in [2.45, 2.75) is 19.3 Å². The largest absolute Gasteiger partial charge is 0.352 e. The molecule has 1 heterocycles. The fraction of sp³-hybridized carbons (Fsp3) is 0.267. The maximum absolute atomic E-state index is 11.9. The second-order valence-corrected chi connectivity index (χ2v) is 4.38. The van der Waals surface area contributed by atoms with Gasteiger partial charge in [-0.2, -0.15) is 10.4 Å². The summed E-state index contributed by atoms with van der Waals surface area (Å²) in [6.07, 6.45) is 5.41. The van der Waals surface area contributed by atoms with Crippen molar-refractivity contribution < 1.29 is 4.79 Å². The van der Waals surface area contributed by atoms with E-state index in [1.807, 2.05) is 30.3 Å². The predicted molar refractivity (Wildman–Crippen MR) is 75.4 cm³/mol. The molecule has 20 heavy (non-hydrogen) atoms. The number of nitrogens with one attached hydrogen (secondary N) is 1. The third-order valence-corrected chi connectivity index (χ3v) is 2.87. The Morgan fingerprint density at radius 2 is 2.10 bits per heavy atom. The minimum Gasteiger partial charge on any atom is -0.352 e. The zero-order chi connectivity index (χ0) is 14.2. The Morgan fingerprint density at radius 1 is 1.30 bits per heavy atom. The normalized spacial score (nSPS) is 9.95. The second kappa shape index (κ2) is 7.10. The molecule has 2 rings (SSSR count). The van der Waals surface area contributed by atoms with E-state index in [1.165, 1.54) is 0 Å². The number of hydrogen-bond donors (Lipinski definition) is 1. The Balaban J connectivity index is 1.89.